The highest BCUT2D eigenvalue weighted by Gasteiger charge is 2.22. The molecule has 0 aromatic carbocycles. The van der Waals surface area contributed by atoms with Crippen LogP contribution < -0.4 is 0 Å². The minimum absolute atomic E-state index is 0.132. The van der Waals surface area contributed by atoms with Crippen LogP contribution in [0.1, 0.15) is 19.8 Å². The van der Waals surface area contributed by atoms with Gasteiger partial charge in [-0.25, -0.2) is 4.79 Å². The smallest absolute Gasteiger partial charge is 0.343 e. The van der Waals surface area contributed by atoms with E-state index in [1.165, 1.54) is 0 Å². The number of hydrogen-bond donors (Lipinski definition) is 0. The summed E-state index contributed by atoms with van der Waals surface area (Å²) in [6.07, 6.45) is 0.707. The van der Waals surface area contributed by atoms with E-state index in [-0.39, 0.29) is 12.3 Å². The second-order valence-electron chi connectivity index (χ2n) is 3.69. The Hall–Kier alpha value is -0.700. The third-order valence-electron chi connectivity index (χ3n) is 2.13. The molecule has 0 N–H and O–H groups in total. The number of carbonyl (C=O) groups excluding carboxylic acids is 1. The van der Waals surface area contributed by atoms with Crippen LogP contribution in [0, 0.1) is 0 Å². The van der Waals surface area contributed by atoms with Crippen LogP contribution in [0.25, 0.3) is 0 Å². The number of ether oxygens (including phenoxy) is 1. The summed E-state index contributed by atoms with van der Waals surface area (Å²) in [4.78, 5) is 16.8. The van der Waals surface area contributed by atoms with Crippen LogP contribution in [0.15, 0.2) is 0 Å². The van der Waals surface area contributed by atoms with Crippen LogP contribution in [0.3, 0.4) is 0 Å². The summed E-state index contributed by atoms with van der Waals surface area (Å²) >= 11 is 0. The van der Waals surface area contributed by atoms with Gasteiger partial charge in [-0.3, -0.25) is 9.79 Å². The first-order chi connectivity index (χ1) is 8.03. The van der Waals surface area contributed by atoms with Crippen molar-refractivity contribution in [3.8, 4) is 0 Å². The number of nitrogens with zero attached hydrogens (tertiary/aromatic N) is 1. The van der Waals surface area contributed by atoms with Crippen LogP contribution in [0.2, 0.25) is 0 Å². The van der Waals surface area contributed by atoms with Gasteiger partial charge in [0.05, 0.1) is 13.2 Å². The van der Waals surface area contributed by atoms with Crippen molar-refractivity contribution >= 4 is 16.1 Å². The number of morpholine rings is 1. The Morgan fingerprint density at radius 1 is 1.35 bits per heavy atom. The molecule has 17 heavy (non-hydrogen) atoms. The Morgan fingerprint density at radius 3 is 2.59 bits per heavy atom. The maximum atomic E-state index is 11.4. The van der Waals surface area contributed by atoms with Gasteiger partial charge in [-0.1, -0.05) is 11.3 Å². The summed E-state index contributed by atoms with van der Waals surface area (Å²) in [5, 5.41) is 0. The van der Waals surface area contributed by atoms with Crippen molar-refractivity contribution in [2.24, 2.45) is 0 Å². The molecule has 0 atom stereocenters. The molecule has 0 radical (unpaired) electrons. The molecule has 0 aliphatic carbocycles. The quantitative estimate of drug-likeness (QED) is 0.490. The van der Waals surface area contributed by atoms with Crippen LogP contribution in [-0.4, -0.2) is 51.5 Å². The molecule has 0 aromatic heterocycles. The largest absolute Gasteiger partial charge is 0.379 e. The highest BCUT2D eigenvalue weighted by Crippen LogP contribution is 2.04. The molecule has 1 rings (SSSR count). The maximum Gasteiger partial charge on any atom is 0.343 e. The minimum Gasteiger partial charge on any atom is -0.379 e. The van der Waals surface area contributed by atoms with Crippen molar-refractivity contribution in [1.82, 2.24) is 4.90 Å². The van der Waals surface area contributed by atoms with Gasteiger partial charge in [0.15, 0.2) is 0 Å². The third kappa shape index (κ3) is 5.97. The zero-order valence-electron chi connectivity index (χ0n) is 9.75. The molecule has 0 aromatic rings. The van der Waals surface area contributed by atoms with E-state index in [4.69, 9.17) is 4.74 Å². The zero-order valence-corrected chi connectivity index (χ0v) is 10.6. The summed E-state index contributed by atoms with van der Waals surface area (Å²) in [6, 6.07) is 0. The average Bonchev–Trinajstić information content (AvgIpc) is 2.28. The van der Waals surface area contributed by atoms with Crippen molar-refractivity contribution in [2.75, 3.05) is 32.2 Å². The van der Waals surface area contributed by atoms with Crippen LogP contribution in [-0.2, 0) is 28.9 Å². The van der Waals surface area contributed by atoms with Gasteiger partial charge in [0.2, 0.25) is 0 Å². The Kier molecular flexibility index (Phi) is 5.83. The van der Waals surface area contributed by atoms with Crippen LogP contribution in [0.4, 0.5) is 0 Å². The Labute approximate surface area is 101 Å². The summed E-state index contributed by atoms with van der Waals surface area (Å²) < 4.78 is 32.1. The second-order valence-corrected chi connectivity index (χ2v) is 5.20. The molecule has 7 nitrogen and oxygen atoms in total. The average molecular weight is 267 g/mol. The van der Waals surface area contributed by atoms with Crippen molar-refractivity contribution < 1.29 is 27.2 Å². The SMILES string of the molecule is CCCC(=O)OOS(=O)(=O)CN1CCOCC1. The van der Waals surface area contributed by atoms with Gasteiger partial charge < -0.3 is 4.74 Å². The molecule has 1 heterocycles. The second kappa shape index (κ2) is 6.90. The van der Waals surface area contributed by atoms with Gasteiger partial charge in [0, 0.05) is 19.5 Å². The molecule has 1 saturated heterocycles. The van der Waals surface area contributed by atoms with Crippen molar-refractivity contribution in [3.05, 3.63) is 0 Å². The molecule has 0 bridgehead atoms. The van der Waals surface area contributed by atoms with E-state index >= 15 is 0 Å². The van der Waals surface area contributed by atoms with E-state index in [9.17, 15) is 13.2 Å². The number of rotatable bonds is 6. The Balaban J connectivity index is 2.32. The minimum atomic E-state index is -3.87. The van der Waals surface area contributed by atoms with Gasteiger partial charge in [-0.15, -0.1) is 0 Å². The maximum absolute atomic E-state index is 11.4. The lowest BCUT2D eigenvalue weighted by atomic mass is 10.3. The van der Waals surface area contributed by atoms with Gasteiger partial charge in [0.25, 0.3) is 0 Å². The lowest BCUT2D eigenvalue weighted by molar-refractivity contribution is -0.211. The van der Waals surface area contributed by atoms with Gasteiger partial charge >= 0.3 is 16.1 Å². The molecule has 0 unspecified atom stereocenters. The summed E-state index contributed by atoms with van der Waals surface area (Å²) in [5.41, 5.74) is 0. The topological polar surface area (TPSA) is 82.1 Å². The Bertz CT molecular complexity index is 335. The predicted molar refractivity (Wildman–Crippen MR) is 58.3 cm³/mol. The lowest BCUT2D eigenvalue weighted by Gasteiger charge is -2.25. The van der Waals surface area contributed by atoms with Crippen LogP contribution >= 0.6 is 0 Å². The fraction of sp³-hybridized carbons (Fsp3) is 0.889. The molecule has 100 valence electrons. The van der Waals surface area contributed by atoms with Crippen molar-refractivity contribution in [2.45, 2.75) is 19.8 Å². The molecule has 8 heteroatoms. The fourth-order valence-electron chi connectivity index (χ4n) is 1.31. The monoisotopic (exact) mass is 267 g/mol. The van der Waals surface area contributed by atoms with Gasteiger partial charge in [0.1, 0.15) is 5.88 Å². The van der Waals surface area contributed by atoms with Crippen LogP contribution in [0.5, 0.6) is 0 Å². The third-order valence-corrected chi connectivity index (χ3v) is 3.09. The number of hydrogen-bond acceptors (Lipinski definition) is 7. The first-order valence-electron chi connectivity index (χ1n) is 5.45. The molecular formula is C9H17NO6S. The molecule has 1 fully saturated rings. The highest BCUT2D eigenvalue weighted by atomic mass is 32.2. The molecule has 1 aliphatic heterocycles. The standard InChI is InChI=1S/C9H17NO6S/c1-2-3-9(11)15-16-17(12,13)8-10-4-6-14-7-5-10/h2-8H2,1H3. The molecule has 0 saturated carbocycles. The van der Waals surface area contributed by atoms with E-state index in [1.807, 2.05) is 0 Å². The normalized spacial score (nSPS) is 17.9. The van der Waals surface area contributed by atoms with E-state index < -0.39 is 16.1 Å². The summed E-state index contributed by atoms with van der Waals surface area (Å²) in [7, 11) is -3.87. The van der Waals surface area contributed by atoms with Crippen molar-refractivity contribution in [3.63, 3.8) is 0 Å². The van der Waals surface area contributed by atoms with E-state index in [2.05, 4.69) is 9.22 Å². The van der Waals surface area contributed by atoms with E-state index in [0.717, 1.165) is 0 Å². The number of carbonyl (C=O) groups is 1. The predicted octanol–water partition coefficient (Wildman–Crippen LogP) is -0.119. The molecule has 1 aliphatic rings. The summed E-state index contributed by atoms with van der Waals surface area (Å²) in [5.74, 6) is -0.978. The van der Waals surface area contributed by atoms with Gasteiger partial charge in [-0.05, 0) is 6.42 Å². The molecule has 0 spiro atoms. The highest BCUT2D eigenvalue weighted by molar-refractivity contribution is 7.86. The first-order valence-corrected chi connectivity index (χ1v) is 7.03. The van der Waals surface area contributed by atoms with E-state index in [1.54, 1.807) is 11.8 Å². The summed E-state index contributed by atoms with van der Waals surface area (Å²) in [6.45, 7) is 3.80. The lowest BCUT2D eigenvalue weighted by Crippen LogP contribution is -2.40. The zero-order chi connectivity index (χ0) is 12.7. The molecule has 0 amide bonds. The van der Waals surface area contributed by atoms with E-state index in [0.29, 0.717) is 32.7 Å². The molecular weight excluding hydrogens is 250 g/mol. The Morgan fingerprint density at radius 2 is 2.00 bits per heavy atom. The van der Waals surface area contributed by atoms with Gasteiger partial charge in [-0.2, -0.15) is 8.42 Å². The van der Waals surface area contributed by atoms with Crippen molar-refractivity contribution in [1.29, 1.82) is 0 Å². The fourth-order valence-corrected chi connectivity index (χ4v) is 2.24. The first kappa shape index (κ1) is 14.4.